The normalized spacial score (nSPS) is 27.2. The first-order valence-electron chi connectivity index (χ1n) is 6.91. The lowest BCUT2D eigenvalue weighted by atomic mass is 9.92. The van der Waals surface area contributed by atoms with Gasteiger partial charge in [-0.2, -0.15) is 0 Å². The Bertz CT molecular complexity index is 408. The number of rotatable bonds is 3. The standard InChI is InChI=1S/C16H25N/c1-6-9-17-16-13(5)12(4)14-10(2)7-8-11(3)15(14)16/h7-8,12-13,16-17H,6,9H2,1-5H3. The highest BCUT2D eigenvalue weighted by molar-refractivity contribution is 5.48. The lowest BCUT2D eigenvalue weighted by Gasteiger charge is -2.21. The zero-order valence-corrected chi connectivity index (χ0v) is 11.8. The van der Waals surface area contributed by atoms with E-state index in [1.807, 2.05) is 0 Å². The Morgan fingerprint density at radius 2 is 1.65 bits per heavy atom. The van der Waals surface area contributed by atoms with Gasteiger partial charge >= 0.3 is 0 Å². The predicted molar refractivity (Wildman–Crippen MR) is 74.5 cm³/mol. The zero-order chi connectivity index (χ0) is 12.6. The molecular formula is C16H25N. The highest BCUT2D eigenvalue weighted by atomic mass is 14.9. The van der Waals surface area contributed by atoms with Crippen LogP contribution in [-0.2, 0) is 0 Å². The van der Waals surface area contributed by atoms with Crippen LogP contribution < -0.4 is 5.32 Å². The smallest absolute Gasteiger partial charge is 0.0357 e. The SMILES string of the molecule is CCCNC1c2c(C)ccc(C)c2C(C)C1C. The van der Waals surface area contributed by atoms with E-state index in [0.717, 1.165) is 6.54 Å². The molecule has 1 N–H and O–H groups in total. The summed E-state index contributed by atoms with van der Waals surface area (Å²) in [4.78, 5) is 0. The van der Waals surface area contributed by atoms with Gasteiger partial charge in [0.15, 0.2) is 0 Å². The number of nitrogens with one attached hydrogen (secondary N) is 1. The maximum atomic E-state index is 3.74. The van der Waals surface area contributed by atoms with Crippen molar-refractivity contribution in [3.63, 3.8) is 0 Å². The summed E-state index contributed by atoms with van der Waals surface area (Å²) in [6.45, 7) is 12.6. The van der Waals surface area contributed by atoms with E-state index >= 15 is 0 Å². The van der Waals surface area contributed by atoms with Crippen LogP contribution >= 0.6 is 0 Å². The number of hydrogen-bond acceptors (Lipinski definition) is 1. The Morgan fingerprint density at radius 3 is 2.24 bits per heavy atom. The highest BCUT2D eigenvalue weighted by Crippen LogP contribution is 2.47. The zero-order valence-electron chi connectivity index (χ0n) is 11.8. The Kier molecular flexibility index (Phi) is 3.58. The van der Waals surface area contributed by atoms with Gasteiger partial charge in [-0.25, -0.2) is 0 Å². The summed E-state index contributed by atoms with van der Waals surface area (Å²) in [5.74, 6) is 1.38. The molecule has 0 spiro atoms. The summed E-state index contributed by atoms with van der Waals surface area (Å²) in [5, 5.41) is 3.74. The number of benzene rings is 1. The third kappa shape index (κ3) is 2.01. The van der Waals surface area contributed by atoms with Crippen LogP contribution in [0.25, 0.3) is 0 Å². The summed E-state index contributed by atoms with van der Waals surface area (Å²) in [6, 6.07) is 5.11. The molecule has 0 fully saturated rings. The minimum Gasteiger partial charge on any atom is -0.310 e. The molecule has 0 aliphatic heterocycles. The van der Waals surface area contributed by atoms with Gasteiger partial charge in [-0.15, -0.1) is 0 Å². The van der Waals surface area contributed by atoms with Crippen LogP contribution in [0.4, 0.5) is 0 Å². The van der Waals surface area contributed by atoms with E-state index in [4.69, 9.17) is 0 Å². The molecule has 1 aromatic carbocycles. The van der Waals surface area contributed by atoms with E-state index < -0.39 is 0 Å². The van der Waals surface area contributed by atoms with Crippen LogP contribution in [-0.4, -0.2) is 6.54 Å². The summed E-state index contributed by atoms with van der Waals surface area (Å²) in [5.41, 5.74) is 6.10. The second kappa shape index (κ2) is 4.81. The Hall–Kier alpha value is -0.820. The third-order valence-corrected chi connectivity index (χ3v) is 4.42. The molecule has 0 radical (unpaired) electrons. The van der Waals surface area contributed by atoms with Crippen LogP contribution in [0, 0.1) is 19.8 Å². The molecule has 0 bridgehead atoms. The second-order valence-corrected chi connectivity index (χ2v) is 5.61. The Labute approximate surface area is 106 Å². The van der Waals surface area contributed by atoms with Crippen LogP contribution in [0.1, 0.15) is 61.4 Å². The quantitative estimate of drug-likeness (QED) is 0.826. The molecule has 0 heterocycles. The van der Waals surface area contributed by atoms with E-state index in [1.165, 1.54) is 17.5 Å². The van der Waals surface area contributed by atoms with Crippen molar-refractivity contribution in [2.24, 2.45) is 5.92 Å². The highest BCUT2D eigenvalue weighted by Gasteiger charge is 2.36. The Balaban J connectivity index is 2.44. The lowest BCUT2D eigenvalue weighted by Crippen LogP contribution is -2.25. The first-order valence-corrected chi connectivity index (χ1v) is 6.91. The summed E-state index contributed by atoms with van der Waals surface area (Å²) < 4.78 is 0. The minimum absolute atomic E-state index is 0.555. The molecule has 1 aliphatic carbocycles. The van der Waals surface area contributed by atoms with E-state index in [0.29, 0.717) is 17.9 Å². The summed E-state index contributed by atoms with van der Waals surface area (Å²) >= 11 is 0. The first kappa shape index (κ1) is 12.6. The second-order valence-electron chi connectivity index (χ2n) is 5.61. The van der Waals surface area contributed by atoms with Crippen molar-refractivity contribution in [2.75, 3.05) is 6.54 Å². The van der Waals surface area contributed by atoms with Crippen molar-refractivity contribution in [1.82, 2.24) is 5.32 Å². The van der Waals surface area contributed by atoms with E-state index in [9.17, 15) is 0 Å². The topological polar surface area (TPSA) is 12.0 Å². The predicted octanol–water partition coefficient (Wildman–Crippen LogP) is 4.10. The molecule has 1 aromatic rings. The van der Waals surface area contributed by atoms with Gasteiger partial charge < -0.3 is 5.32 Å². The molecule has 1 aliphatic rings. The van der Waals surface area contributed by atoms with Crippen LogP contribution in [0.15, 0.2) is 12.1 Å². The molecule has 1 nitrogen and oxygen atoms in total. The first-order chi connectivity index (χ1) is 8.07. The van der Waals surface area contributed by atoms with Crippen molar-refractivity contribution in [2.45, 2.75) is 53.0 Å². The molecule has 17 heavy (non-hydrogen) atoms. The molecule has 0 saturated heterocycles. The van der Waals surface area contributed by atoms with E-state index in [1.54, 1.807) is 11.1 Å². The minimum atomic E-state index is 0.555. The number of fused-ring (bicyclic) bond motifs is 1. The lowest BCUT2D eigenvalue weighted by molar-refractivity contribution is 0.379. The van der Waals surface area contributed by atoms with Gasteiger partial charge in [-0.1, -0.05) is 32.9 Å². The van der Waals surface area contributed by atoms with Gasteiger partial charge in [0.25, 0.3) is 0 Å². The van der Waals surface area contributed by atoms with Crippen molar-refractivity contribution in [3.05, 3.63) is 34.4 Å². The van der Waals surface area contributed by atoms with Crippen molar-refractivity contribution >= 4 is 0 Å². The maximum absolute atomic E-state index is 3.74. The third-order valence-electron chi connectivity index (χ3n) is 4.42. The van der Waals surface area contributed by atoms with Crippen LogP contribution in [0.3, 0.4) is 0 Å². The van der Waals surface area contributed by atoms with Crippen molar-refractivity contribution < 1.29 is 0 Å². The maximum Gasteiger partial charge on any atom is 0.0357 e. The fourth-order valence-corrected chi connectivity index (χ4v) is 3.27. The molecule has 0 saturated carbocycles. The van der Waals surface area contributed by atoms with Gasteiger partial charge in [-0.3, -0.25) is 0 Å². The molecule has 3 unspecified atom stereocenters. The average Bonchev–Trinajstić information content (AvgIpc) is 2.56. The van der Waals surface area contributed by atoms with Crippen molar-refractivity contribution in [3.8, 4) is 0 Å². The molecule has 0 aromatic heterocycles. The number of aryl methyl sites for hydroxylation is 2. The Morgan fingerprint density at radius 1 is 1.06 bits per heavy atom. The van der Waals surface area contributed by atoms with E-state index in [2.05, 4.69) is 52.1 Å². The fraction of sp³-hybridized carbons (Fsp3) is 0.625. The van der Waals surface area contributed by atoms with Gasteiger partial charge in [-0.05, 0) is 60.9 Å². The summed E-state index contributed by atoms with van der Waals surface area (Å²) in [7, 11) is 0. The van der Waals surface area contributed by atoms with E-state index in [-0.39, 0.29) is 0 Å². The number of hydrogen-bond donors (Lipinski definition) is 1. The molecule has 2 rings (SSSR count). The van der Waals surface area contributed by atoms with Gasteiger partial charge in [0.2, 0.25) is 0 Å². The monoisotopic (exact) mass is 231 g/mol. The van der Waals surface area contributed by atoms with Crippen LogP contribution in [0.2, 0.25) is 0 Å². The van der Waals surface area contributed by atoms with Crippen LogP contribution in [0.5, 0.6) is 0 Å². The van der Waals surface area contributed by atoms with Gasteiger partial charge in [0.05, 0.1) is 0 Å². The van der Waals surface area contributed by atoms with Gasteiger partial charge in [0.1, 0.15) is 0 Å². The average molecular weight is 231 g/mol. The molecule has 94 valence electrons. The molecule has 1 heteroatoms. The fourth-order valence-electron chi connectivity index (χ4n) is 3.27. The largest absolute Gasteiger partial charge is 0.310 e. The molecular weight excluding hydrogens is 206 g/mol. The molecule has 0 amide bonds. The molecule has 3 atom stereocenters. The summed E-state index contributed by atoms with van der Waals surface area (Å²) in [6.07, 6.45) is 1.21. The van der Waals surface area contributed by atoms with Gasteiger partial charge in [0, 0.05) is 6.04 Å². The van der Waals surface area contributed by atoms with Crippen molar-refractivity contribution in [1.29, 1.82) is 0 Å².